The highest BCUT2D eigenvalue weighted by molar-refractivity contribution is 5.85. The molecule has 1 aliphatic rings. The second kappa shape index (κ2) is 11.3. The molecular weight excluding hydrogens is 392 g/mol. The summed E-state index contributed by atoms with van der Waals surface area (Å²) in [6.07, 6.45) is 7.82. The summed E-state index contributed by atoms with van der Waals surface area (Å²) in [5, 5.41) is 0. The number of rotatable bonds is 13. The average Bonchev–Trinajstić information content (AvgIpc) is 2.67. The lowest BCUT2D eigenvalue weighted by Gasteiger charge is -2.46. The van der Waals surface area contributed by atoms with Crippen LogP contribution < -0.4 is 0 Å². The van der Waals surface area contributed by atoms with Gasteiger partial charge < -0.3 is 14.2 Å². The first-order chi connectivity index (χ1) is 14.2. The Kier molecular flexibility index (Phi) is 10.2. The normalized spacial score (nSPS) is 24.5. The third-order valence-corrected chi connectivity index (χ3v) is 7.51. The molecule has 5 heteroatoms. The molecule has 0 heterocycles. The van der Waals surface area contributed by atoms with Gasteiger partial charge in [0, 0.05) is 5.41 Å². The largest absolute Gasteiger partial charge is 0.458 e. The van der Waals surface area contributed by atoms with Crippen LogP contribution in [0.3, 0.4) is 0 Å². The van der Waals surface area contributed by atoms with Crippen LogP contribution in [0.1, 0.15) is 114 Å². The molecule has 1 fully saturated rings. The zero-order chi connectivity index (χ0) is 23.9. The monoisotopic (exact) mass is 440 g/mol. The van der Waals surface area contributed by atoms with Gasteiger partial charge in [-0.2, -0.15) is 0 Å². The summed E-state index contributed by atoms with van der Waals surface area (Å²) < 4.78 is 17.8. The molecule has 0 saturated heterocycles. The van der Waals surface area contributed by atoms with Crippen molar-refractivity contribution in [1.29, 1.82) is 0 Å². The topological polar surface area (TPSA) is 61.8 Å². The number of ether oxygens (including phenoxy) is 3. The van der Waals surface area contributed by atoms with Crippen LogP contribution in [0.25, 0.3) is 0 Å². The molecule has 0 aliphatic heterocycles. The Morgan fingerprint density at radius 3 is 2.00 bits per heavy atom. The van der Waals surface area contributed by atoms with Crippen molar-refractivity contribution in [3.8, 4) is 0 Å². The summed E-state index contributed by atoms with van der Waals surface area (Å²) in [5.41, 5.74) is -1.18. The molecule has 0 aromatic carbocycles. The van der Waals surface area contributed by atoms with Gasteiger partial charge in [-0.15, -0.1) is 0 Å². The van der Waals surface area contributed by atoms with E-state index in [1.54, 1.807) is 0 Å². The van der Waals surface area contributed by atoms with E-state index in [9.17, 15) is 9.59 Å². The van der Waals surface area contributed by atoms with Gasteiger partial charge in [-0.3, -0.25) is 4.79 Å². The van der Waals surface area contributed by atoms with Crippen molar-refractivity contribution >= 4 is 11.8 Å². The molecule has 0 radical (unpaired) electrons. The number of carbonyl (C=O) groups excluding carboxylic acids is 2. The minimum absolute atomic E-state index is 0.00998. The summed E-state index contributed by atoms with van der Waals surface area (Å²) in [5.74, 6) is -0.109. The van der Waals surface area contributed by atoms with Crippen molar-refractivity contribution in [1.82, 2.24) is 0 Å². The summed E-state index contributed by atoms with van der Waals surface area (Å²) in [6, 6.07) is 0. The maximum atomic E-state index is 12.3. The van der Waals surface area contributed by atoms with Crippen molar-refractivity contribution in [2.45, 2.75) is 130 Å². The number of esters is 1. The van der Waals surface area contributed by atoms with Gasteiger partial charge in [-0.1, -0.05) is 41.0 Å². The summed E-state index contributed by atoms with van der Waals surface area (Å²) in [7, 11) is 0. The fraction of sp³-hybridized carbons (Fsp3) is 0.923. The van der Waals surface area contributed by atoms with E-state index >= 15 is 0 Å². The summed E-state index contributed by atoms with van der Waals surface area (Å²) >= 11 is 0. The van der Waals surface area contributed by atoms with Gasteiger partial charge in [0.1, 0.15) is 18.8 Å². The fourth-order valence-corrected chi connectivity index (χ4v) is 4.48. The van der Waals surface area contributed by atoms with Gasteiger partial charge in [0.15, 0.2) is 5.78 Å². The van der Waals surface area contributed by atoms with Gasteiger partial charge in [0.05, 0.1) is 11.2 Å². The van der Waals surface area contributed by atoms with Crippen molar-refractivity contribution < 1.29 is 23.8 Å². The van der Waals surface area contributed by atoms with Gasteiger partial charge in [0.25, 0.3) is 0 Å². The number of carbonyl (C=O) groups is 2. The van der Waals surface area contributed by atoms with Crippen LogP contribution in [0.2, 0.25) is 0 Å². The van der Waals surface area contributed by atoms with Crippen molar-refractivity contribution in [3.63, 3.8) is 0 Å². The average molecular weight is 441 g/mol. The Morgan fingerprint density at radius 1 is 0.935 bits per heavy atom. The van der Waals surface area contributed by atoms with E-state index in [1.807, 2.05) is 34.6 Å². The molecule has 1 saturated carbocycles. The molecule has 1 unspecified atom stereocenters. The van der Waals surface area contributed by atoms with Crippen LogP contribution in [0.15, 0.2) is 0 Å². The van der Waals surface area contributed by atoms with Gasteiger partial charge in [0.2, 0.25) is 0 Å². The molecule has 0 amide bonds. The highest BCUT2D eigenvalue weighted by atomic mass is 16.6. The van der Waals surface area contributed by atoms with Crippen LogP contribution in [-0.2, 0) is 23.8 Å². The molecule has 0 bridgehead atoms. The molecule has 0 aromatic heterocycles. The quantitative estimate of drug-likeness (QED) is 0.316. The Hall–Kier alpha value is -0.940. The summed E-state index contributed by atoms with van der Waals surface area (Å²) in [6.45, 7) is 18.4. The third kappa shape index (κ3) is 8.49. The minimum Gasteiger partial charge on any atom is -0.458 e. The highest BCUT2D eigenvalue weighted by Crippen LogP contribution is 2.43. The molecule has 0 aromatic rings. The SMILES string of the molecule is CCCC(C)(CC)OC1(C)CCC(C(C)(C)OC(=O)COCC(=O)C(C)(C)CC)CC1. The first-order valence-electron chi connectivity index (χ1n) is 12.3. The minimum atomic E-state index is -0.564. The third-order valence-electron chi connectivity index (χ3n) is 7.51. The van der Waals surface area contributed by atoms with Gasteiger partial charge in [-0.25, -0.2) is 4.79 Å². The number of ketones is 1. The second-order valence-electron chi connectivity index (χ2n) is 11.1. The van der Waals surface area contributed by atoms with E-state index in [1.165, 1.54) is 0 Å². The van der Waals surface area contributed by atoms with E-state index in [2.05, 4.69) is 27.7 Å². The fourth-order valence-electron chi connectivity index (χ4n) is 4.48. The predicted molar refractivity (Wildman–Crippen MR) is 125 cm³/mol. The molecule has 182 valence electrons. The maximum absolute atomic E-state index is 12.3. The van der Waals surface area contributed by atoms with E-state index in [0.717, 1.165) is 51.4 Å². The Bertz CT molecular complexity index is 587. The second-order valence-corrected chi connectivity index (χ2v) is 11.1. The van der Waals surface area contributed by atoms with Crippen LogP contribution in [0.4, 0.5) is 0 Å². The lowest BCUT2D eigenvalue weighted by Crippen LogP contribution is -2.47. The van der Waals surface area contributed by atoms with E-state index in [0.29, 0.717) is 0 Å². The van der Waals surface area contributed by atoms with E-state index < -0.39 is 17.0 Å². The molecule has 1 atom stereocenters. The van der Waals surface area contributed by atoms with Crippen molar-refractivity contribution in [3.05, 3.63) is 0 Å². The lowest BCUT2D eigenvalue weighted by atomic mass is 9.73. The predicted octanol–water partition coefficient (Wildman–Crippen LogP) is 6.26. The first kappa shape index (κ1) is 28.1. The van der Waals surface area contributed by atoms with Crippen LogP contribution >= 0.6 is 0 Å². The van der Waals surface area contributed by atoms with Crippen LogP contribution in [-0.4, -0.2) is 41.8 Å². The Morgan fingerprint density at radius 2 is 1.52 bits per heavy atom. The number of Topliss-reactive ketones (excluding diaryl/α,β-unsaturated/α-hetero) is 1. The van der Waals surface area contributed by atoms with Crippen molar-refractivity contribution in [2.75, 3.05) is 13.2 Å². The molecule has 5 nitrogen and oxygen atoms in total. The molecule has 1 aliphatic carbocycles. The zero-order valence-electron chi connectivity index (χ0n) is 21.7. The van der Waals surface area contributed by atoms with E-state index in [4.69, 9.17) is 14.2 Å². The standard InChI is InChI=1S/C26H48O5/c1-10-15-25(8,12-3)31-26(9)16-13-20(14-17-26)24(6,7)30-22(28)19-29-18-21(27)23(4,5)11-2/h20H,10-19H2,1-9H3. The summed E-state index contributed by atoms with van der Waals surface area (Å²) in [4.78, 5) is 24.5. The highest BCUT2D eigenvalue weighted by Gasteiger charge is 2.43. The van der Waals surface area contributed by atoms with E-state index in [-0.39, 0.29) is 36.1 Å². The lowest BCUT2D eigenvalue weighted by molar-refractivity contribution is -0.182. The zero-order valence-corrected chi connectivity index (χ0v) is 21.7. The Balaban J connectivity index is 2.53. The van der Waals surface area contributed by atoms with Crippen molar-refractivity contribution in [2.24, 2.45) is 11.3 Å². The molecule has 0 N–H and O–H groups in total. The molecule has 0 spiro atoms. The molecule has 31 heavy (non-hydrogen) atoms. The molecular formula is C26H48O5. The van der Waals surface area contributed by atoms with Crippen LogP contribution in [0, 0.1) is 11.3 Å². The smallest absolute Gasteiger partial charge is 0.332 e. The maximum Gasteiger partial charge on any atom is 0.332 e. The van der Waals surface area contributed by atoms with Gasteiger partial charge >= 0.3 is 5.97 Å². The molecule has 1 rings (SSSR count). The number of hydrogen-bond acceptors (Lipinski definition) is 5. The Labute approximate surface area is 191 Å². The first-order valence-corrected chi connectivity index (χ1v) is 12.3. The number of hydrogen-bond donors (Lipinski definition) is 0. The van der Waals surface area contributed by atoms with Gasteiger partial charge in [-0.05, 0) is 78.6 Å². The van der Waals surface area contributed by atoms with Crippen LogP contribution in [0.5, 0.6) is 0 Å².